The molecule has 0 bridgehead atoms. The summed E-state index contributed by atoms with van der Waals surface area (Å²) in [5, 5.41) is 9.65. The van der Waals surface area contributed by atoms with Gasteiger partial charge in [0.05, 0.1) is 17.1 Å². The van der Waals surface area contributed by atoms with Crippen LogP contribution >= 0.6 is 0 Å². The highest BCUT2D eigenvalue weighted by Crippen LogP contribution is 2.30. The maximum atomic E-state index is 12.4. The van der Waals surface area contributed by atoms with Gasteiger partial charge in [0, 0.05) is 13.1 Å². The Balaban J connectivity index is 2.27. The number of nitrogens with zero attached hydrogens (tertiary/aromatic N) is 1. The molecule has 0 unspecified atom stereocenters. The molecule has 1 saturated heterocycles. The molecule has 1 aliphatic heterocycles. The van der Waals surface area contributed by atoms with Gasteiger partial charge in [-0.15, -0.1) is 0 Å². The van der Waals surface area contributed by atoms with Gasteiger partial charge >= 0.3 is 0 Å². The van der Waals surface area contributed by atoms with Crippen LogP contribution in [0.5, 0.6) is 5.75 Å². The summed E-state index contributed by atoms with van der Waals surface area (Å²) in [7, 11) is -3.52. The Kier molecular flexibility index (Phi) is 3.59. The van der Waals surface area contributed by atoms with E-state index in [2.05, 4.69) is 0 Å². The number of rotatable bonds is 4. The highest BCUT2D eigenvalue weighted by molar-refractivity contribution is 7.89. The number of aryl methyl sites for hydroxylation is 1. The zero-order valence-corrected chi connectivity index (χ0v) is 12.2. The van der Waals surface area contributed by atoms with Crippen LogP contribution in [0.25, 0.3) is 0 Å². The van der Waals surface area contributed by atoms with Crippen LogP contribution in [-0.2, 0) is 10.0 Å². The van der Waals surface area contributed by atoms with Gasteiger partial charge in [-0.05, 0) is 44.5 Å². The summed E-state index contributed by atoms with van der Waals surface area (Å²) in [4.78, 5) is 0.270. The summed E-state index contributed by atoms with van der Waals surface area (Å²) >= 11 is 0. The van der Waals surface area contributed by atoms with Crippen LogP contribution in [0.3, 0.4) is 0 Å². The van der Waals surface area contributed by atoms with Crippen LogP contribution in [0, 0.1) is 6.92 Å². The molecule has 0 spiro atoms. The van der Waals surface area contributed by atoms with Crippen molar-refractivity contribution >= 4 is 10.0 Å². The molecular weight excluding hydrogens is 266 g/mol. The van der Waals surface area contributed by atoms with Gasteiger partial charge in [0.1, 0.15) is 5.75 Å². The third kappa shape index (κ3) is 2.75. The molecule has 19 heavy (non-hydrogen) atoms. The van der Waals surface area contributed by atoms with Crippen molar-refractivity contribution in [3.63, 3.8) is 0 Å². The molecule has 5 nitrogen and oxygen atoms in total. The average Bonchev–Trinajstić information content (AvgIpc) is 2.26. The summed E-state index contributed by atoms with van der Waals surface area (Å²) in [6, 6.07) is 4.93. The molecule has 1 aromatic carbocycles. The topological polar surface area (TPSA) is 66.8 Å². The fraction of sp³-hybridized carbons (Fsp3) is 0.538. The van der Waals surface area contributed by atoms with Crippen molar-refractivity contribution < 1.29 is 18.3 Å². The zero-order chi connectivity index (χ0) is 14.3. The standard InChI is InChI=1S/C13H19NO4S/c1-4-18-11-5-6-12(10(2)7-11)19(16,17)14-8-13(3,15)9-14/h5-7,15H,4,8-9H2,1-3H3. The lowest BCUT2D eigenvalue weighted by molar-refractivity contribution is -0.0426. The summed E-state index contributed by atoms with van der Waals surface area (Å²) in [6.45, 7) is 6.07. The Bertz CT molecular complexity index is 572. The molecule has 0 saturated carbocycles. The van der Waals surface area contributed by atoms with E-state index in [9.17, 15) is 13.5 Å². The van der Waals surface area contributed by atoms with Crippen LogP contribution in [-0.4, -0.2) is 43.1 Å². The van der Waals surface area contributed by atoms with E-state index in [4.69, 9.17) is 4.74 Å². The van der Waals surface area contributed by atoms with Gasteiger partial charge in [0.15, 0.2) is 0 Å². The first-order valence-electron chi connectivity index (χ1n) is 6.22. The van der Waals surface area contributed by atoms with E-state index in [0.717, 1.165) is 0 Å². The minimum Gasteiger partial charge on any atom is -0.494 e. The van der Waals surface area contributed by atoms with Gasteiger partial charge in [-0.25, -0.2) is 8.42 Å². The largest absolute Gasteiger partial charge is 0.494 e. The van der Waals surface area contributed by atoms with E-state index in [-0.39, 0.29) is 18.0 Å². The second kappa shape index (κ2) is 4.77. The first-order valence-corrected chi connectivity index (χ1v) is 7.66. The van der Waals surface area contributed by atoms with E-state index < -0.39 is 15.6 Å². The third-order valence-electron chi connectivity index (χ3n) is 3.11. The number of β-amino-alcohol motifs (C(OH)–C–C–N with tert-alkyl or cyclic N) is 1. The van der Waals surface area contributed by atoms with Gasteiger partial charge in [0.25, 0.3) is 0 Å². The van der Waals surface area contributed by atoms with E-state index in [1.54, 1.807) is 32.0 Å². The van der Waals surface area contributed by atoms with Crippen LogP contribution in [0.1, 0.15) is 19.4 Å². The van der Waals surface area contributed by atoms with Crippen LogP contribution in [0.2, 0.25) is 0 Å². The van der Waals surface area contributed by atoms with Crippen molar-refractivity contribution in [1.82, 2.24) is 4.31 Å². The Labute approximate surface area is 113 Å². The molecule has 0 aliphatic carbocycles. The first-order chi connectivity index (χ1) is 8.76. The maximum absolute atomic E-state index is 12.4. The van der Waals surface area contributed by atoms with Gasteiger partial charge in [-0.3, -0.25) is 0 Å². The number of ether oxygens (including phenoxy) is 1. The number of sulfonamides is 1. The molecule has 1 N–H and O–H groups in total. The van der Waals surface area contributed by atoms with E-state index in [0.29, 0.717) is 17.9 Å². The van der Waals surface area contributed by atoms with Crippen LogP contribution < -0.4 is 4.74 Å². The fourth-order valence-corrected chi connectivity index (χ4v) is 4.07. The van der Waals surface area contributed by atoms with Crippen molar-refractivity contribution in [3.05, 3.63) is 23.8 Å². The summed E-state index contributed by atoms with van der Waals surface area (Å²) in [5.74, 6) is 0.662. The fourth-order valence-electron chi connectivity index (χ4n) is 2.19. The Morgan fingerprint density at radius 3 is 2.53 bits per heavy atom. The van der Waals surface area contributed by atoms with Crippen LogP contribution in [0.4, 0.5) is 0 Å². The van der Waals surface area contributed by atoms with Crippen molar-refractivity contribution in [3.8, 4) is 5.75 Å². The molecule has 1 aliphatic rings. The van der Waals surface area contributed by atoms with E-state index >= 15 is 0 Å². The lowest BCUT2D eigenvalue weighted by atomic mass is 10.0. The minimum absolute atomic E-state index is 0.141. The number of benzene rings is 1. The van der Waals surface area contributed by atoms with Gasteiger partial charge in [0.2, 0.25) is 10.0 Å². The molecule has 1 fully saturated rings. The number of hydrogen-bond donors (Lipinski definition) is 1. The lowest BCUT2D eigenvalue weighted by Gasteiger charge is -2.43. The van der Waals surface area contributed by atoms with Crippen molar-refractivity contribution in [2.24, 2.45) is 0 Å². The zero-order valence-electron chi connectivity index (χ0n) is 11.4. The number of aliphatic hydroxyl groups is 1. The molecule has 0 atom stereocenters. The molecule has 2 rings (SSSR count). The summed E-state index contributed by atoms with van der Waals surface area (Å²) in [5.41, 5.74) is -0.260. The quantitative estimate of drug-likeness (QED) is 0.901. The molecule has 0 amide bonds. The van der Waals surface area contributed by atoms with Gasteiger partial charge < -0.3 is 9.84 Å². The second-order valence-corrected chi connectivity index (χ2v) is 7.04. The van der Waals surface area contributed by atoms with Gasteiger partial charge in [-0.1, -0.05) is 0 Å². The van der Waals surface area contributed by atoms with Crippen molar-refractivity contribution in [2.75, 3.05) is 19.7 Å². The van der Waals surface area contributed by atoms with Crippen LogP contribution in [0.15, 0.2) is 23.1 Å². The molecule has 106 valence electrons. The summed E-state index contributed by atoms with van der Waals surface area (Å²) < 4.78 is 31.4. The summed E-state index contributed by atoms with van der Waals surface area (Å²) in [6.07, 6.45) is 0. The van der Waals surface area contributed by atoms with E-state index in [1.807, 2.05) is 6.92 Å². The molecular formula is C13H19NO4S. The SMILES string of the molecule is CCOc1ccc(S(=O)(=O)N2CC(C)(O)C2)c(C)c1. The molecule has 6 heteroatoms. The van der Waals surface area contributed by atoms with Gasteiger partial charge in [-0.2, -0.15) is 4.31 Å². The normalized spacial score (nSPS) is 18.9. The molecule has 1 heterocycles. The minimum atomic E-state index is -3.52. The highest BCUT2D eigenvalue weighted by Gasteiger charge is 2.44. The molecule has 0 radical (unpaired) electrons. The Hall–Kier alpha value is -1.11. The highest BCUT2D eigenvalue weighted by atomic mass is 32.2. The predicted octanol–water partition coefficient (Wildman–Crippen LogP) is 1.15. The smallest absolute Gasteiger partial charge is 0.243 e. The Morgan fingerprint density at radius 2 is 2.05 bits per heavy atom. The lowest BCUT2D eigenvalue weighted by Crippen LogP contribution is -2.61. The van der Waals surface area contributed by atoms with E-state index in [1.165, 1.54) is 4.31 Å². The number of hydrogen-bond acceptors (Lipinski definition) is 4. The predicted molar refractivity (Wildman–Crippen MR) is 71.7 cm³/mol. The maximum Gasteiger partial charge on any atom is 0.243 e. The third-order valence-corrected chi connectivity index (χ3v) is 5.06. The first kappa shape index (κ1) is 14.3. The second-order valence-electron chi connectivity index (χ2n) is 5.13. The van der Waals surface area contributed by atoms with Crippen molar-refractivity contribution in [1.29, 1.82) is 0 Å². The monoisotopic (exact) mass is 285 g/mol. The average molecular weight is 285 g/mol. The Morgan fingerprint density at radius 1 is 1.42 bits per heavy atom. The molecule has 1 aromatic rings. The molecule has 0 aromatic heterocycles. The van der Waals surface area contributed by atoms with Crippen molar-refractivity contribution in [2.45, 2.75) is 31.3 Å².